The summed E-state index contributed by atoms with van der Waals surface area (Å²) in [6.07, 6.45) is 7.89. The summed E-state index contributed by atoms with van der Waals surface area (Å²) in [4.78, 5) is 25.8. The van der Waals surface area contributed by atoms with Crippen LogP contribution in [0.3, 0.4) is 0 Å². The highest BCUT2D eigenvalue weighted by Crippen LogP contribution is 2.27. The highest BCUT2D eigenvalue weighted by molar-refractivity contribution is 7.89. The van der Waals surface area contributed by atoms with E-state index in [1.165, 1.54) is 55.5 Å². The minimum atomic E-state index is -3.60. The lowest BCUT2D eigenvalue weighted by atomic mass is 9.86. The highest BCUT2D eigenvalue weighted by atomic mass is 32.2. The molecule has 1 aromatic carbocycles. The number of sulfonamides is 1. The summed E-state index contributed by atoms with van der Waals surface area (Å²) >= 11 is 0. The standard InChI is InChI=1S/C21H30N2O4S/c1-17(24)19-8-10-20(11-9-19)28(26,27)23-15-13-22(14-16-23)21(25)12-7-18-5-3-2-4-6-18/h8-11,18H,2-7,12-16H2,1H3. The van der Waals surface area contributed by atoms with Crippen LogP contribution < -0.4 is 0 Å². The first kappa shape index (κ1) is 21.0. The van der Waals surface area contributed by atoms with Crippen molar-refractivity contribution in [1.82, 2.24) is 9.21 Å². The number of Topliss-reactive ketones (excluding diaryl/α,β-unsaturated/α-hetero) is 1. The SMILES string of the molecule is CC(=O)c1ccc(S(=O)(=O)N2CCN(C(=O)CCC3CCCCC3)CC2)cc1. The third kappa shape index (κ3) is 5.00. The lowest BCUT2D eigenvalue weighted by Gasteiger charge is -2.34. The molecule has 0 bridgehead atoms. The van der Waals surface area contributed by atoms with Crippen molar-refractivity contribution in [3.8, 4) is 0 Å². The average Bonchev–Trinajstić information content (AvgIpc) is 2.73. The van der Waals surface area contributed by atoms with Crippen LogP contribution in [-0.2, 0) is 14.8 Å². The number of rotatable bonds is 6. The molecule has 1 aliphatic carbocycles. The molecule has 0 atom stereocenters. The Morgan fingerprint density at radius 2 is 1.57 bits per heavy atom. The molecule has 6 nitrogen and oxygen atoms in total. The van der Waals surface area contributed by atoms with Crippen LogP contribution in [0.25, 0.3) is 0 Å². The zero-order chi connectivity index (χ0) is 20.1. The van der Waals surface area contributed by atoms with Crippen molar-refractivity contribution < 1.29 is 18.0 Å². The fourth-order valence-electron chi connectivity index (χ4n) is 4.15. The zero-order valence-electron chi connectivity index (χ0n) is 16.6. The van der Waals surface area contributed by atoms with Crippen molar-refractivity contribution in [2.24, 2.45) is 5.92 Å². The summed E-state index contributed by atoms with van der Waals surface area (Å²) in [5, 5.41) is 0. The number of piperazine rings is 1. The maximum Gasteiger partial charge on any atom is 0.243 e. The fourth-order valence-corrected chi connectivity index (χ4v) is 5.57. The van der Waals surface area contributed by atoms with E-state index in [0.29, 0.717) is 44.1 Å². The summed E-state index contributed by atoms with van der Waals surface area (Å²) < 4.78 is 27.1. The maximum atomic E-state index is 12.8. The molecule has 0 spiro atoms. The number of nitrogens with zero attached hydrogens (tertiary/aromatic N) is 2. The Hall–Kier alpha value is -1.73. The quantitative estimate of drug-likeness (QED) is 0.681. The molecule has 0 aromatic heterocycles. The molecular weight excluding hydrogens is 376 g/mol. The lowest BCUT2D eigenvalue weighted by molar-refractivity contribution is -0.132. The van der Waals surface area contributed by atoms with Gasteiger partial charge in [0.25, 0.3) is 0 Å². The Morgan fingerprint density at radius 3 is 2.14 bits per heavy atom. The molecule has 28 heavy (non-hydrogen) atoms. The van der Waals surface area contributed by atoms with Gasteiger partial charge in [-0.15, -0.1) is 0 Å². The molecule has 1 heterocycles. The normalized spacial score (nSPS) is 19.5. The number of hydrogen-bond acceptors (Lipinski definition) is 4. The first-order valence-electron chi connectivity index (χ1n) is 10.3. The second-order valence-electron chi connectivity index (χ2n) is 7.91. The molecule has 1 amide bonds. The van der Waals surface area contributed by atoms with E-state index in [1.54, 1.807) is 17.0 Å². The Bertz CT molecular complexity index is 790. The third-order valence-corrected chi connectivity index (χ3v) is 7.89. The van der Waals surface area contributed by atoms with Gasteiger partial charge < -0.3 is 4.90 Å². The molecule has 0 N–H and O–H groups in total. The van der Waals surface area contributed by atoms with Crippen molar-refractivity contribution in [2.75, 3.05) is 26.2 Å². The Labute approximate surface area is 167 Å². The second-order valence-corrected chi connectivity index (χ2v) is 9.85. The van der Waals surface area contributed by atoms with Crippen molar-refractivity contribution in [2.45, 2.75) is 56.8 Å². The molecular formula is C21H30N2O4S. The van der Waals surface area contributed by atoms with E-state index in [1.807, 2.05) is 0 Å². The van der Waals surface area contributed by atoms with Gasteiger partial charge in [0.2, 0.25) is 15.9 Å². The Morgan fingerprint density at radius 1 is 0.964 bits per heavy atom. The second kappa shape index (κ2) is 9.18. The molecule has 1 saturated carbocycles. The first-order valence-corrected chi connectivity index (χ1v) is 11.7. The number of carbonyl (C=O) groups excluding carboxylic acids is 2. The van der Waals surface area contributed by atoms with E-state index in [-0.39, 0.29) is 16.6 Å². The van der Waals surface area contributed by atoms with E-state index in [9.17, 15) is 18.0 Å². The minimum absolute atomic E-state index is 0.0932. The van der Waals surface area contributed by atoms with Gasteiger partial charge in [-0.05, 0) is 31.4 Å². The van der Waals surface area contributed by atoms with E-state index in [2.05, 4.69) is 0 Å². The van der Waals surface area contributed by atoms with Gasteiger partial charge in [-0.1, -0.05) is 44.2 Å². The summed E-state index contributed by atoms with van der Waals surface area (Å²) in [5.74, 6) is 0.732. The van der Waals surface area contributed by atoms with Gasteiger partial charge in [-0.3, -0.25) is 9.59 Å². The number of carbonyl (C=O) groups is 2. The van der Waals surface area contributed by atoms with Crippen LogP contribution in [0.15, 0.2) is 29.2 Å². The molecule has 0 unspecified atom stereocenters. The van der Waals surface area contributed by atoms with E-state index < -0.39 is 10.0 Å². The largest absolute Gasteiger partial charge is 0.340 e. The minimum Gasteiger partial charge on any atom is -0.340 e. The predicted octanol–water partition coefficient (Wildman–Crippen LogP) is 3.08. The highest BCUT2D eigenvalue weighted by Gasteiger charge is 2.30. The zero-order valence-corrected chi connectivity index (χ0v) is 17.4. The summed E-state index contributed by atoms with van der Waals surface area (Å²) in [7, 11) is -3.60. The van der Waals surface area contributed by atoms with Gasteiger partial charge >= 0.3 is 0 Å². The topological polar surface area (TPSA) is 74.8 Å². The van der Waals surface area contributed by atoms with Crippen molar-refractivity contribution in [1.29, 1.82) is 0 Å². The molecule has 1 saturated heterocycles. The maximum absolute atomic E-state index is 12.8. The Kier molecular flexibility index (Phi) is 6.88. The lowest BCUT2D eigenvalue weighted by Crippen LogP contribution is -2.50. The molecule has 7 heteroatoms. The summed E-state index contributed by atoms with van der Waals surface area (Å²) in [5.41, 5.74) is 0.493. The van der Waals surface area contributed by atoms with Gasteiger partial charge in [0, 0.05) is 38.2 Å². The van der Waals surface area contributed by atoms with Gasteiger partial charge in [0.1, 0.15) is 0 Å². The van der Waals surface area contributed by atoms with Crippen molar-refractivity contribution in [3.05, 3.63) is 29.8 Å². The summed E-state index contributed by atoms with van der Waals surface area (Å²) in [6, 6.07) is 6.04. The van der Waals surface area contributed by atoms with Crippen molar-refractivity contribution >= 4 is 21.7 Å². The van der Waals surface area contributed by atoms with Crippen LogP contribution in [0.4, 0.5) is 0 Å². The average molecular weight is 407 g/mol. The van der Waals surface area contributed by atoms with Gasteiger partial charge in [0.15, 0.2) is 5.78 Å². The first-order chi connectivity index (χ1) is 13.4. The van der Waals surface area contributed by atoms with E-state index in [4.69, 9.17) is 0 Å². The van der Waals surface area contributed by atoms with Crippen LogP contribution in [0.1, 0.15) is 62.2 Å². The number of ketones is 1. The molecule has 3 rings (SSSR count). The van der Waals surface area contributed by atoms with Crippen LogP contribution in [0.2, 0.25) is 0 Å². The molecule has 0 radical (unpaired) electrons. The molecule has 2 aliphatic rings. The van der Waals surface area contributed by atoms with Gasteiger partial charge in [0.05, 0.1) is 4.90 Å². The molecule has 154 valence electrons. The third-order valence-electron chi connectivity index (χ3n) is 5.98. The van der Waals surface area contributed by atoms with Crippen LogP contribution in [-0.4, -0.2) is 55.5 Å². The fraction of sp³-hybridized carbons (Fsp3) is 0.619. The van der Waals surface area contributed by atoms with Crippen LogP contribution in [0, 0.1) is 5.92 Å². The number of hydrogen-bond donors (Lipinski definition) is 0. The van der Waals surface area contributed by atoms with E-state index in [0.717, 1.165) is 6.42 Å². The number of amides is 1. The molecule has 1 aromatic rings. The van der Waals surface area contributed by atoms with Gasteiger partial charge in [-0.25, -0.2) is 8.42 Å². The monoisotopic (exact) mass is 406 g/mol. The molecule has 2 fully saturated rings. The summed E-state index contributed by atoms with van der Waals surface area (Å²) in [6.45, 7) is 2.95. The molecule has 1 aliphatic heterocycles. The predicted molar refractivity (Wildman–Crippen MR) is 108 cm³/mol. The number of benzene rings is 1. The smallest absolute Gasteiger partial charge is 0.243 e. The Balaban J connectivity index is 1.52. The van der Waals surface area contributed by atoms with Crippen LogP contribution in [0.5, 0.6) is 0 Å². The van der Waals surface area contributed by atoms with E-state index >= 15 is 0 Å². The van der Waals surface area contributed by atoms with Crippen LogP contribution >= 0.6 is 0 Å². The van der Waals surface area contributed by atoms with Crippen molar-refractivity contribution in [3.63, 3.8) is 0 Å². The van der Waals surface area contributed by atoms with Gasteiger partial charge in [-0.2, -0.15) is 4.31 Å².